The zero-order valence-electron chi connectivity index (χ0n) is 27.3. The van der Waals surface area contributed by atoms with Crippen molar-refractivity contribution in [3.8, 4) is 5.88 Å². The highest BCUT2D eigenvalue weighted by Gasteiger charge is 2.25. The molecule has 0 saturated carbocycles. The maximum absolute atomic E-state index is 13.2. The fourth-order valence-corrected chi connectivity index (χ4v) is 5.97. The second kappa shape index (κ2) is 21.4. The first-order valence-electron chi connectivity index (χ1n) is 17.4. The minimum atomic E-state index is -0.749. The summed E-state index contributed by atoms with van der Waals surface area (Å²) in [4.78, 5) is 28.7. The molecule has 6 nitrogen and oxygen atoms in total. The molecule has 6 heteroatoms. The number of carbonyl (C=O) groups excluding carboxylic acids is 2. The van der Waals surface area contributed by atoms with E-state index in [4.69, 9.17) is 9.47 Å². The molecule has 0 spiro atoms. The van der Waals surface area contributed by atoms with Crippen LogP contribution in [0.1, 0.15) is 140 Å². The van der Waals surface area contributed by atoms with Crippen molar-refractivity contribution in [1.29, 1.82) is 0 Å². The van der Waals surface area contributed by atoms with E-state index in [0.717, 1.165) is 41.3 Å². The lowest BCUT2D eigenvalue weighted by atomic mass is 9.97. The third-order valence-electron chi connectivity index (χ3n) is 8.42. The van der Waals surface area contributed by atoms with Crippen LogP contribution in [0.3, 0.4) is 0 Å². The molecule has 0 aliphatic rings. The number of ether oxygens (including phenoxy) is 2. The van der Waals surface area contributed by atoms with Gasteiger partial charge in [-0.05, 0) is 31.4 Å². The van der Waals surface area contributed by atoms with Crippen LogP contribution in [0, 0.1) is 0 Å². The highest BCUT2D eigenvalue weighted by molar-refractivity contribution is 5.88. The molecule has 0 aliphatic heterocycles. The number of hydrogen-bond acceptors (Lipinski definition) is 4. The molecule has 0 aliphatic carbocycles. The van der Waals surface area contributed by atoms with Crippen molar-refractivity contribution in [2.24, 2.45) is 0 Å². The molecule has 44 heavy (non-hydrogen) atoms. The summed E-state index contributed by atoms with van der Waals surface area (Å²) in [7, 11) is 0. The van der Waals surface area contributed by atoms with Gasteiger partial charge in [-0.25, -0.2) is 4.79 Å². The molecule has 1 unspecified atom stereocenters. The first kappa shape index (κ1) is 35.2. The van der Waals surface area contributed by atoms with Crippen molar-refractivity contribution in [3.05, 3.63) is 65.7 Å². The monoisotopic (exact) mass is 604 g/mol. The van der Waals surface area contributed by atoms with Crippen LogP contribution in [0.15, 0.2) is 54.6 Å². The van der Waals surface area contributed by atoms with E-state index < -0.39 is 6.16 Å². The number of aromatic nitrogens is 1. The smallest absolute Gasteiger partial charge is 0.434 e. The number of rotatable bonds is 23. The third kappa shape index (κ3) is 13.2. The summed E-state index contributed by atoms with van der Waals surface area (Å²) >= 11 is 0. The Hall–Kier alpha value is -3.28. The number of para-hydroxylation sites is 1. The van der Waals surface area contributed by atoms with E-state index in [0.29, 0.717) is 18.7 Å². The molecule has 1 aromatic heterocycles. The van der Waals surface area contributed by atoms with E-state index in [1.54, 1.807) is 6.92 Å². The Balaban J connectivity index is 1.51. The van der Waals surface area contributed by atoms with Gasteiger partial charge in [0.15, 0.2) is 0 Å². The number of unbranched alkanes of at least 4 members (excludes halogenated alkanes) is 14. The second-order valence-electron chi connectivity index (χ2n) is 12.0. The molecule has 3 aromatic rings. The molecule has 242 valence electrons. The van der Waals surface area contributed by atoms with Gasteiger partial charge in [0.05, 0.1) is 12.6 Å². The number of fused-ring (bicyclic) bond motifs is 1. The Morgan fingerprint density at radius 1 is 0.727 bits per heavy atom. The highest BCUT2D eigenvalue weighted by atomic mass is 16.7. The average molecular weight is 605 g/mol. The maximum atomic E-state index is 13.2. The van der Waals surface area contributed by atoms with E-state index in [2.05, 4.69) is 17.2 Å². The molecule has 0 bridgehead atoms. The lowest BCUT2D eigenvalue weighted by molar-refractivity contribution is -0.121. The molecule has 2 N–H and O–H groups in total. The first-order chi connectivity index (χ1) is 21.6. The molecule has 1 heterocycles. The number of benzene rings is 2. The van der Waals surface area contributed by atoms with Crippen LogP contribution in [-0.2, 0) is 16.0 Å². The van der Waals surface area contributed by atoms with Gasteiger partial charge in [0, 0.05) is 22.9 Å². The van der Waals surface area contributed by atoms with Gasteiger partial charge in [0.1, 0.15) is 0 Å². The minimum absolute atomic E-state index is 0.00724. The average Bonchev–Trinajstić information content (AvgIpc) is 3.39. The molecule has 3 rings (SSSR count). The van der Waals surface area contributed by atoms with Crippen molar-refractivity contribution < 1.29 is 19.1 Å². The van der Waals surface area contributed by atoms with E-state index in [-0.39, 0.29) is 18.6 Å². The van der Waals surface area contributed by atoms with Crippen LogP contribution in [0.5, 0.6) is 5.88 Å². The Kier molecular flexibility index (Phi) is 17.1. The number of carbonyl (C=O) groups is 2. The Morgan fingerprint density at radius 3 is 1.91 bits per heavy atom. The van der Waals surface area contributed by atoms with Gasteiger partial charge in [0.2, 0.25) is 11.8 Å². The van der Waals surface area contributed by atoms with Crippen LogP contribution in [0.4, 0.5) is 4.79 Å². The largest absolute Gasteiger partial charge is 0.515 e. The SMILES string of the molecule is CCCCCCCCCCCCCCCCCC(NC(=O)CCc1ccccc1)c1c(OC(=O)OCC)[nH]c2ccccc12. The Morgan fingerprint density at radius 2 is 1.30 bits per heavy atom. The van der Waals surface area contributed by atoms with Crippen molar-refractivity contribution >= 4 is 23.0 Å². The summed E-state index contributed by atoms with van der Waals surface area (Å²) in [5, 5.41) is 4.23. The zero-order chi connectivity index (χ0) is 31.2. The number of hydrogen-bond donors (Lipinski definition) is 2. The summed E-state index contributed by atoms with van der Waals surface area (Å²) in [6, 6.07) is 17.7. The molecular formula is C38H56N2O4. The summed E-state index contributed by atoms with van der Waals surface area (Å²) in [5.41, 5.74) is 2.81. The Labute approximate surface area is 265 Å². The maximum Gasteiger partial charge on any atom is 0.515 e. The number of aromatic amines is 1. The van der Waals surface area contributed by atoms with Crippen LogP contribution >= 0.6 is 0 Å². The number of amides is 1. The summed E-state index contributed by atoms with van der Waals surface area (Å²) in [5.74, 6) is 0.339. The van der Waals surface area contributed by atoms with Crippen LogP contribution in [0.25, 0.3) is 10.9 Å². The van der Waals surface area contributed by atoms with Crippen molar-refractivity contribution in [1.82, 2.24) is 10.3 Å². The van der Waals surface area contributed by atoms with E-state index >= 15 is 0 Å². The van der Waals surface area contributed by atoms with Crippen LogP contribution in [0.2, 0.25) is 0 Å². The topological polar surface area (TPSA) is 80.4 Å². The summed E-state index contributed by atoms with van der Waals surface area (Å²) in [6.07, 6.45) is 20.8. The molecule has 1 atom stereocenters. The van der Waals surface area contributed by atoms with Crippen LogP contribution in [-0.4, -0.2) is 23.7 Å². The normalized spacial score (nSPS) is 11.9. The van der Waals surface area contributed by atoms with Crippen molar-refractivity contribution in [2.75, 3.05) is 6.61 Å². The minimum Gasteiger partial charge on any atom is -0.434 e. The molecular weight excluding hydrogens is 548 g/mol. The predicted octanol–water partition coefficient (Wildman–Crippen LogP) is 10.8. The highest BCUT2D eigenvalue weighted by Crippen LogP contribution is 2.36. The van der Waals surface area contributed by atoms with Gasteiger partial charge < -0.3 is 19.8 Å². The molecule has 0 saturated heterocycles. The lowest BCUT2D eigenvalue weighted by Crippen LogP contribution is -2.29. The summed E-state index contributed by atoms with van der Waals surface area (Å²) < 4.78 is 10.7. The van der Waals surface area contributed by atoms with Crippen LogP contribution < -0.4 is 10.1 Å². The lowest BCUT2D eigenvalue weighted by Gasteiger charge is -2.20. The fourth-order valence-electron chi connectivity index (χ4n) is 5.97. The molecule has 0 radical (unpaired) electrons. The fraction of sp³-hybridized carbons (Fsp3) is 0.579. The molecule has 0 fully saturated rings. The number of nitrogens with one attached hydrogen (secondary N) is 2. The van der Waals surface area contributed by atoms with Gasteiger partial charge in [-0.2, -0.15) is 0 Å². The van der Waals surface area contributed by atoms with E-state index in [9.17, 15) is 9.59 Å². The molecule has 2 aromatic carbocycles. The first-order valence-corrected chi connectivity index (χ1v) is 17.4. The Bertz CT molecular complexity index is 1210. The van der Waals surface area contributed by atoms with Gasteiger partial charge in [0.25, 0.3) is 0 Å². The van der Waals surface area contributed by atoms with Gasteiger partial charge in [-0.3, -0.25) is 4.79 Å². The van der Waals surface area contributed by atoms with Gasteiger partial charge in [-0.1, -0.05) is 152 Å². The number of H-pyrrole nitrogens is 1. The molecule has 1 amide bonds. The zero-order valence-corrected chi connectivity index (χ0v) is 27.3. The third-order valence-corrected chi connectivity index (χ3v) is 8.42. The standard InChI is InChI=1S/C38H56N2O4/c1-3-5-6-7-8-9-10-11-12-13-14-15-16-17-21-28-34(39-35(41)30-29-31-24-19-18-20-25-31)36-32-26-22-23-27-33(32)40-37(36)44-38(42)43-4-2/h18-20,22-27,34,40H,3-17,21,28-30H2,1-2H3,(H,39,41). The quantitative estimate of drug-likeness (QED) is 0.0833. The summed E-state index contributed by atoms with van der Waals surface area (Å²) in [6.45, 7) is 4.25. The van der Waals surface area contributed by atoms with Crippen molar-refractivity contribution in [3.63, 3.8) is 0 Å². The van der Waals surface area contributed by atoms with E-state index in [1.807, 2.05) is 54.6 Å². The number of aryl methyl sites for hydroxylation is 1. The van der Waals surface area contributed by atoms with Gasteiger partial charge >= 0.3 is 6.16 Å². The second-order valence-corrected chi connectivity index (χ2v) is 12.0. The predicted molar refractivity (Wildman–Crippen MR) is 181 cm³/mol. The van der Waals surface area contributed by atoms with Crippen molar-refractivity contribution in [2.45, 2.75) is 135 Å². The van der Waals surface area contributed by atoms with E-state index in [1.165, 1.54) is 83.5 Å². The van der Waals surface area contributed by atoms with Gasteiger partial charge in [-0.15, -0.1) is 0 Å².